The number of methoxy groups -OCH3 is 1. The first-order valence-corrected chi connectivity index (χ1v) is 12.7. The highest BCUT2D eigenvalue weighted by molar-refractivity contribution is 8.15. The lowest BCUT2D eigenvalue weighted by Crippen LogP contribution is -2.44. The van der Waals surface area contributed by atoms with Gasteiger partial charge >= 0.3 is 5.97 Å². The van der Waals surface area contributed by atoms with Crippen LogP contribution in [0.3, 0.4) is 0 Å². The number of carbonyl (C=O) groups is 3. The first-order chi connectivity index (χ1) is 18.0. The van der Waals surface area contributed by atoms with Crippen LogP contribution in [0.25, 0.3) is 0 Å². The molecule has 0 radical (unpaired) electrons. The Hall–Kier alpha value is -4.11. The van der Waals surface area contributed by atoms with Gasteiger partial charge in [0.15, 0.2) is 5.17 Å². The van der Waals surface area contributed by atoms with E-state index in [2.05, 4.69) is 5.32 Å². The molecule has 3 aromatic carbocycles. The summed E-state index contributed by atoms with van der Waals surface area (Å²) >= 11 is 1.25. The van der Waals surface area contributed by atoms with Gasteiger partial charge in [0.1, 0.15) is 11.0 Å². The van der Waals surface area contributed by atoms with E-state index in [1.165, 1.54) is 11.8 Å². The second-order valence-corrected chi connectivity index (χ2v) is 9.33. The van der Waals surface area contributed by atoms with Crippen LogP contribution < -0.4 is 10.1 Å². The fourth-order valence-electron chi connectivity index (χ4n) is 3.65. The molecule has 1 N–H and O–H groups in total. The van der Waals surface area contributed by atoms with Crippen LogP contribution in [-0.2, 0) is 20.9 Å². The van der Waals surface area contributed by atoms with Gasteiger partial charge < -0.3 is 14.8 Å². The number of amides is 2. The van der Waals surface area contributed by atoms with Crippen LogP contribution in [0.2, 0.25) is 0 Å². The Morgan fingerprint density at radius 1 is 1.03 bits per heavy atom. The molecule has 1 saturated heterocycles. The van der Waals surface area contributed by atoms with Crippen molar-refractivity contribution in [2.24, 2.45) is 4.99 Å². The maximum atomic E-state index is 13.2. The lowest BCUT2D eigenvalue weighted by atomic mass is 10.1. The van der Waals surface area contributed by atoms with E-state index in [9.17, 15) is 14.4 Å². The summed E-state index contributed by atoms with van der Waals surface area (Å²) in [5.74, 6) is -0.199. The zero-order valence-corrected chi connectivity index (χ0v) is 21.4. The summed E-state index contributed by atoms with van der Waals surface area (Å²) in [6, 6.07) is 23.2. The first-order valence-electron chi connectivity index (χ1n) is 11.8. The van der Waals surface area contributed by atoms with E-state index < -0.39 is 11.2 Å². The minimum atomic E-state index is -0.660. The maximum Gasteiger partial charge on any atom is 0.338 e. The average molecular weight is 518 g/mol. The fraction of sp³-hybridized carbons (Fsp3) is 0.214. The number of esters is 1. The molecule has 4 rings (SSSR count). The molecule has 1 fully saturated rings. The molecule has 2 amide bonds. The van der Waals surface area contributed by atoms with Gasteiger partial charge in [0.05, 0.1) is 31.5 Å². The van der Waals surface area contributed by atoms with Crippen molar-refractivity contribution in [2.75, 3.05) is 19.0 Å². The third-order valence-electron chi connectivity index (χ3n) is 5.58. The van der Waals surface area contributed by atoms with E-state index >= 15 is 0 Å². The van der Waals surface area contributed by atoms with Crippen LogP contribution in [0.4, 0.5) is 11.4 Å². The number of rotatable bonds is 8. The summed E-state index contributed by atoms with van der Waals surface area (Å²) in [6.07, 6.45) is 0.0291. The fourth-order valence-corrected chi connectivity index (χ4v) is 4.75. The topological polar surface area (TPSA) is 97.3 Å². The van der Waals surface area contributed by atoms with Crippen LogP contribution in [0.15, 0.2) is 83.9 Å². The molecular formula is C28H27N3O5S. The number of nitrogens with zero attached hydrogens (tertiary/aromatic N) is 2. The van der Waals surface area contributed by atoms with Gasteiger partial charge in [-0.05, 0) is 61.0 Å². The Bertz CT molecular complexity index is 1280. The van der Waals surface area contributed by atoms with Gasteiger partial charge in [-0.3, -0.25) is 14.5 Å². The van der Waals surface area contributed by atoms with E-state index in [1.807, 2.05) is 54.6 Å². The Labute approximate surface area is 219 Å². The van der Waals surface area contributed by atoms with Crippen molar-refractivity contribution in [3.8, 4) is 5.75 Å². The molecule has 0 spiro atoms. The van der Waals surface area contributed by atoms with Gasteiger partial charge in [-0.25, -0.2) is 9.79 Å². The van der Waals surface area contributed by atoms with Gasteiger partial charge in [-0.1, -0.05) is 42.1 Å². The van der Waals surface area contributed by atoms with Crippen LogP contribution in [-0.4, -0.2) is 46.8 Å². The van der Waals surface area contributed by atoms with Gasteiger partial charge in [-0.2, -0.15) is 0 Å². The quantitative estimate of drug-likeness (QED) is 0.421. The second kappa shape index (κ2) is 12.2. The number of amidine groups is 1. The molecule has 0 unspecified atom stereocenters. The second-order valence-electron chi connectivity index (χ2n) is 8.16. The summed E-state index contributed by atoms with van der Waals surface area (Å²) in [5, 5.41) is 2.63. The van der Waals surface area contributed by atoms with Crippen molar-refractivity contribution in [1.82, 2.24) is 4.90 Å². The standard InChI is InChI=1S/C28H27N3O5S/c1-3-36-27(34)20-11-13-22(14-12-20)29-26(33)24-17-25(32)31(18-19-9-15-23(35-2)16-10-19)28(37-24)30-21-7-5-4-6-8-21/h4-16,24H,3,17-18H2,1-2H3,(H,29,33)/t24-/m1/s1. The van der Waals surface area contributed by atoms with Crippen molar-refractivity contribution in [3.05, 3.63) is 90.0 Å². The zero-order chi connectivity index (χ0) is 26.2. The number of hydrogen-bond donors (Lipinski definition) is 1. The van der Waals surface area contributed by atoms with Crippen molar-refractivity contribution in [2.45, 2.75) is 25.1 Å². The number of ether oxygens (including phenoxy) is 2. The molecule has 37 heavy (non-hydrogen) atoms. The molecule has 9 heteroatoms. The monoisotopic (exact) mass is 517 g/mol. The van der Waals surface area contributed by atoms with Gasteiger partial charge in [0.2, 0.25) is 11.8 Å². The van der Waals surface area contributed by atoms with Gasteiger partial charge in [0, 0.05) is 12.1 Å². The van der Waals surface area contributed by atoms with Gasteiger partial charge in [0.25, 0.3) is 0 Å². The molecule has 1 atom stereocenters. The van der Waals surface area contributed by atoms with Gasteiger partial charge in [-0.15, -0.1) is 0 Å². The number of benzene rings is 3. The molecule has 190 valence electrons. The molecule has 1 aliphatic heterocycles. The summed E-state index contributed by atoms with van der Waals surface area (Å²) in [5.41, 5.74) is 2.52. The summed E-state index contributed by atoms with van der Waals surface area (Å²) < 4.78 is 10.2. The highest BCUT2D eigenvalue weighted by Gasteiger charge is 2.36. The average Bonchev–Trinajstić information content (AvgIpc) is 2.92. The normalized spacial score (nSPS) is 16.4. The number of carbonyl (C=O) groups excluding carboxylic acids is 3. The molecule has 0 bridgehead atoms. The largest absolute Gasteiger partial charge is 0.497 e. The van der Waals surface area contributed by atoms with Crippen LogP contribution >= 0.6 is 11.8 Å². The number of para-hydroxylation sites is 1. The van der Waals surface area contributed by atoms with Crippen molar-refractivity contribution >= 4 is 46.1 Å². The smallest absolute Gasteiger partial charge is 0.338 e. The number of nitrogens with one attached hydrogen (secondary N) is 1. The third kappa shape index (κ3) is 6.77. The lowest BCUT2D eigenvalue weighted by Gasteiger charge is -2.32. The predicted molar refractivity (Wildman–Crippen MR) is 144 cm³/mol. The minimum Gasteiger partial charge on any atom is -0.497 e. The number of aliphatic imine (C=N–C) groups is 1. The maximum absolute atomic E-state index is 13.2. The van der Waals surface area contributed by atoms with E-state index in [1.54, 1.807) is 43.2 Å². The number of thioether (sulfide) groups is 1. The Morgan fingerprint density at radius 2 is 1.73 bits per heavy atom. The summed E-state index contributed by atoms with van der Waals surface area (Å²) in [4.78, 5) is 44.5. The van der Waals surface area contributed by atoms with Crippen LogP contribution in [0.5, 0.6) is 5.75 Å². The Morgan fingerprint density at radius 3 is 2.38 bits per heavy atom. The lowest BCUT2D eigenvalue weighted by molar-refractivity contribution is -0.129. The molecular weight excluding hydrogens is 490 g/mol. The third-order valence-corrected chi connectivity index (χ3v) is 6.76. The first kappa shape index (κ1) is 26.0. The molecule has 1 aliphatic rings. The summed E-state index contributed by atoms with van der Waals surface area (Å²) in [6.45, 7) is 2.35. The predicted octanol–water partition coefficient (Wildman–Crippen LogP) is 5.03. The highest BCUT2D eigenvalue weighted by atomic mass is 32.2. The van der Waals surface area contributed by atoms with Crippen LogP contribution in [0, 0.1) is 0 Å². The SMILES string of the molecule is CCOC(=O)c1ccc(NC(=O)[C@H]2CC(=O)N(Cc3ccc(OC)cc3)C(=Nc3ccccc3)S2)cc1. The molecule has 1 heterocycles. The van der Waals surface area contributed by atoms with E-state index in [4.69, 9.17) is 14.5 Å². The molecule has 8 nitrogen and oxygen atoms in total. The van der Waals surface area contributed by atoms with Crippen molar-refractivity contribution in [3.63, 3.8) is 0 Å². The van der Waals surface area contributed by atoms with Crippen LogP contribution in [0.1, 0.15) is 29.3 Å². The Balaban J connectivity index is 1.51. The van der Waals surface area contributed by atoms with Crippen molar-refractivity contribution < 1.29 is 23.9 Å². The summed E-state index contributed by atoms with van der Waals surface area (Å²) in [7, 11) is 1.60. The molecule has 0 aromatic heterocycles. The molecule has 0 saturated carbocycles. The minimum absolute atomic E-state index is 0.0291. The number of anilines is 1. The number of hydrogen-bond acceptors (Lipinski definition) is 7. The zero-order valence-electron chi connectivity index (χ0n) is 20.5. The van der Waals surface area contributed by atoms with E-state index in [0.717, 1.165) is 11.3 Å². The molecule has 0 aliphatic carbocycles. The highest BCUT2D eigenvalue weighted by Crippen LogP contribution is 2.31. The van der Waals surface area contributed by atoms with Crippen molar-refractivity contribution in [1.29, 1.82) is 0 Å². The molecule has 3 aromatic rings. The van der Waals surface area contributed by atoms with E-state index in [-0.39, 0.29) is 24.8 Å². The Kier molecular flexibility index (Phi) is 8.58. The van der Waals surface area contributed by atoms with E-state index in [0.29, 0.717) is 28.7 Å².